The number of carbonyl (C=O) groups is 1. The normalized spacial score (nSPS) is 21.0. The fourth-order valence-corrected chi connectivity index (χ4v) is 4.85. The number of carboxylic acid groups (broad SMARTS) is 1. The van der Waals surface area contributed by atoms with E-state index in [2.05, 4.69) is 0 Å². The molecule has 5 heteroatoms. The predicted octanol–water partition coefficient (Wildman–Crippen LogP) is 5.37. The molecule has 158 valence electrons. The molecule has 2 aliphatic rings. The molecule has 1 fully saturated rings. The van der Waals surface area contributed by atoms with Crippen LogP contribution >= 0.6 is 0 Å². The molecular weight excluding hydrogens is 395 g/mol. The van der Waals surface area contributed by atoms with Gasteiger partial charge in [-0.05, 0) is 71.8 Å². The van der Waals surface area contributed by atoms with Crippen molar-refractivity contribution in [2.24, 2.45) is 5.92 Å². The van der Waals surface area contributed by atoms with E-state index in [9.17, 15) is 14.3 Å². The second-order valence-electron chi connectivity index (χ2n) is 8.40. The van der Waals surface area contributed by atoms with E-state index < -0.39 is 5.97 Å². The van der Waals surface area contributed by atoms with Gasteiger partial charge in [0.15, 0.2) is 0 Å². The van der Waals surface area contributed by atoms with Gasteiger partial charge in [0.2, 0.25) is 0 Å². The summed E-state index contributed by atoms with van der Waals surface area (Å²) < 4.78 is 25.4. The number of benzene rings is 3. The van der Waals surface area contributed by atoms with Crippen LogP contribution in [0.15, 0.2) is 60.7 Å². The van der Waals surface area contributed by atoms with Crippen molar-refractivity contribution in [1.29, 1.82) is 0 Å². The van der Waals surface area contributed by atoms with E-state index in [4.69, 9.17) is 9.47 Å². The maximum Gasteiger partial charge on any atom is 0.307 e. The Hall–Kier alpha value is -3.34. The van der Waals surface area contributed by atoms with Crippen LogP contribution in [0, 0.1) is 11.7 Å². The van der Waals surface area contributed by atoms with Gasteiger partial charge in [-0.25, -0.2) is 4.39 Å². The molecule has 0 aromatic heterocycles. The number of halogens is 1. The van der Waals surface area contributed by atoms with E-state index in [0.29, 0.717) is 17.9 Å². The molecule has 0 saturated heterocycles. The first-order valence-corrected chi connectivity index (χ1v) is 10.4. The zero-order valence-corrected chi connectivity index (χ0v) is 17.2. The standard InChI is InChI=1S/C26H23FO4/c1-30-19-7-9-24(27)21(13-19)17-4-2-16(3-5-17)15-31-20-6-8-22-18(12-20)10-11-26(22)14-23(26)25(28)29/h2-9,12-13,23H,10-11,14-15H2,1H3,(H,28,29). The zero-order valence-electron chi connectivity index (χ0n) is 17.2. The second-order valence-corrected chi connectivity index (χ2v) is 8.40. The fraction of sp³-hybridized carbons (Fsp3) is 0.269. The van der Waals surface area contributed by atoms with Crippen molar-refractivity contribution < 1.29 is 23.8 Å². The average molecular weight is 418 g/mol. The van der Waals surface area contributed by atoms with Gasteiger partial charge in [-0.15, -0.1) is 0 Å². The summed E-state index contributed by atoms with van der Waals surface area (Å²) in [6, 6.07) is 18.3. The molecule has 31 heavy (non-hydrogen) atoms. The Kier molecular flexibility index (Phi) is 4.69. The van der Waals surface area contributed by atoms with Crippen LogP contribution in [0.4, 0.5) is 4.39 Å². The molecule has 3 aromatic rings. The van der Waals surface area contributed by atoms with Crippen LogP contribution in [-0.2, 0) is 23.2 Å². The number of rotatable bonds is 6. The number of hydrogen-bond donors (Lipinski definition) is 1. The van der Waals surface area contributed by atoms with Crippen molar-refractivity contribution in [2.45, 2.75) is 31.3 Å². The van der Waals surface area contributed by atoms with Gasteiger partial charge in [0.05, 0.1) is 13.0 Å². The predicted molar refractivity (Wildman–Crippen MR) is 115 cm³/mol. The zero-order chi connectivity index (χ0) is 21.6. The molecule has 3 aromatic carbocycles. The summed E-state index contributed by atoms with van der Waals surface area (Å²) in [6.07, 6.45) is 2.55. The number of fused-ring (bicyclic) bond motifs is 2. The second kappa shape index (κ2) is 7.41. The summed E-state index contributed by atoms with van der Waals surface area (Å²) in [5.74, 6) is 0.176. The Morgan fingerprint density at radius 1 is 1.10 bits per heavy atom. The van der Waals surface area contributed by atoms with Crippen LogP contribution in [0.3, 0.4) is 0 Å². The Balaban J connectivity index is 1.27. The largest absolute Gasteiger partial charge is 0.497 e. The van der Waals surface area contributed by atoms with Gasteiger partial charge < -0.3 is 14.6 Å². The van der Waals surface area contributed by atoms with Crippen LogP contribution in [0.1, 0.15) is 29.5 Å². The molecule has 2 unspecified atom stereocenters. The Labute approximate surface area is 180 Å². The highest BCUT2D eigenvalue weighted by Crippen LogP contribution is 2.61. The van der Waals surface area contributed by atoms with Gasteiger partial charge in [0.1, 0.15) is 23.9 Å². The van der Waals surface area contributed by atoms with Gasteiger partial charge in [-0.1, -0.05) is 30.3 Å². The lowest BCUT2D eigenvalue weighted by Crippen LogP contribution is -2.11. The van der Waals surface area contributed by atoms with Gasteiger partial charge in [-0.3, -0.25) is 4.79 Å². The third-order valence-corrected chi connectivity index (χ3v) is 6.67. The summed E-state index contributed by atoms with van der Waals surface area (Å²) in [4.78, 5) is 11.4. The first kappa shape index (κ1) is 19.6. The lowest BCUT2D eigenvalue weighted by atomic mass is 9.95. The fourth-order valence-electron chi connectivity index (χ4n) is 4.85. The number of methoxy groups -OCH3 is 1. The molecule has 1 N–H and O–H groups in total. The molecule has 4 nitrogen and oxygen atoms in total. The summed E-state index contributed by atoms with van der Waals surface area (Å²) in [5.41, 5.74) is 4.49. The maximum absolute atomic E-state index is 14.2. The van der Waals surface area contributed by atoms with Crippen molar-refractivity contribution in [2.75, 3.05) is 7.11 Å². The first-order chi connectivity index (χ1) is 15.0. The Morgan fingerprint density at radius 3 is 2.58 bits per heavy atom. The molecule has 0 amide bonds. The Morgan fingerprint density at radius 2 is 1.87 bits per heavy atom. The monoisotopic (exact) mass is 418 g/mol. The number of ether oxygens (including phenoxy) is 2. The highest BCUT2D eigenvalue weighted by atomic mass is 19.1. The summed E-state index contributed by atoms with van der Waals surface area (Å²) in [5, 5.41) is 9.35. The number of aliphatic carboxylic acids is 1. The van der Waals surface area contributed by atoms with Gasteiger partial charge in [-0.2, -0.15) is 0 Å². The Bertz CT molecular complexity index is 1150. The quantitative estimate of drug-likeness (QED) is 0.585. The molecule has 0 bridgehead atoms. The summed E-state index contributed by atoms with van der Waals surface area (Å²) in [6.45, 7) is 0.405. The number of carboxylic acids is 1. The van der Waals surface area contributed by atoms with Crippen LogP contribution in [0.2, 0.25) is 0 Å². The van der Waals surface area contributed by atoms with E-state index in [1.54, 1.807) is 19.2 Å². The van der Waals surface area contributed by atoms with Gasteiger partial charge >= 0.3 is 5.97 Å². The van der Waals surface area contributed by atoms with Crippen molar-refractivity contribution in [3.63, 3.8) is 0 Å². The number of aryl methyl sites for hydroxylation is 1. The topological polar surface area (TPSA) is 55.8 Å². The van der Waals surface area contributed by atoms with Crippen LogP contribution in [-0.4, -0.2) is 18.2 Å². The first-order valence-electron chi connectivity index (χ1n) is 10.4. The maximum atomic E-state index is 14.2. The van der Waals surface area contributed by atoms with E-state index in [1.807, 2.05) is 42.5 Å². The van der Waals surface area contributed by atoms with Crippen molar-refractivity contribution >= 4 is 5.97 Å². The van der Waals surface area contributed by atoms with Gasteiger partial charge in [0, 0.05) is 11.0 Å². The van der Waals surface area contributed by atoms with E-state index >= 15 is 0 Å². The van der Waals surface area contributed by atoms with Gasteiger partial charge in [0.25, 0.3) is 0 Å². The molecule has 1 spiro atoms. The van der Waals surface area contributed by atoms with E-state index in [-0.39, 0.29) is 17.2 Å². The minimum Gasteiger partial charge on any atom is -0.497 e. The lowest BCUT2D eigenvalue weighted by molar-refractivity contribution is -0.139. The van der Waals surface area contributed by atoms with Crippen LogP contribution < -0.4 is 9.47 Å². The SMILES string of the molecule is COc1ccc(F)c(-c2ccc(COc3ccc4c(c3)CCC43CC3C(=O)O)cc2)c1. The molecule has 0 heterocycles. The third-order valence-electron chi connectivity index (χ3n) is 6.67. The minimum atomic E-state index is -0.689. The minimum absolute atomic E-state index is 0.148. The van der Waals surface area contributed by atoms with Crippen LogP contribution in [0.25, 0.3) is 11.1 Å². The summed E-state index contributed by atoms with van der Waals surface area (Å²) in [7, 11) is 1.56. The molecule has 2 aliphatic carbocycles. The molecule has 0 aliphatic heterocycles. The van der Waals surface area contributed by atoms with Crippen molar-refractivity contribution in [1.82, 2.24) is 0 Å². The smallest absolute Gasteiger partial charge is 0.307 e. The molecule has 0 radical (unpaired) electrons. The lowest BCUT2D eigenvalue weighted by Gasteiger charge is -2.12. The molecule has 1 saturated carbocycles. The highest BCUT2D eigenvalue weighted by molar-refractivity contribution is 5.78. The summed E-state index contributed by atoms with van der Waals surface area (Å²) >= 11 is 0. The molecule has 5 rings (SSSR count). The van der Waals surface area contributed by atoms with E-state index in [1.165, 1.54) is 17.2 Å². The average Bonchev–Trinajstić information content (AvgIpc) is 3.42. The third kappa shape index (κ3) is 3.44. The van der Waals surface area contributed by atoms with Crippen LogP contribution in [0.5, 0.6) is 11.5 Å². The van der Waals surface area contributed by atoms with Crippen molar-refractivity contribution in [3.8, 4) is 22.6 Å². The van der Waals surface area contributed by atoms with Crippen molar-refractivity contribution in [3.05, 3.63) is 83.2 Å². The molecular formula is C26H23FO4. The van der Waals surface area contributed by atoms with E-state index in [0.717, 1.165) is 36.1 Å². The molecule has 2 atom stereocenters. The number of hydrogen-bond acceptors (Lipinski definition) is 3. The highest BCUT2D eigenvalue weighted by Gasteiger charge is 2.61.